The van der Waals surface area contributed by atoms with Crippen LogP contribution in [0.5, 0.6) is 0 Å². The van der Waals surface area contributed by atoms with Crippen molar-refractivity contribution in [2.24, 2.45) is 5.73 Å². The number of methoxy groups -OCH3 is 1. The van der Waals surface area contributed by atoms with E-state index < -0.39 is 11.6 Å². The van der Waals surface area contributed by atoms with Gasteiger partial charge < -0.3 is 15.8 Å². The maximum absolute atomic E-state index is 14.8. The van der Waals surface area contributed by atoms with Crippen LogP contribution in [0, 0.1) is 11.6 Å². The number of fused-ring (bicyclic) bond motifs is 1. The van der Waals surface area contributed by atoms with Gasteiger partial charge in [0.15, 0.2) is 0 Å². The summed E-state index contributed by atoms with van der Waals surface area (Å²) in [6.45, 7) is 0.121. The van der Waals surface area contributed by atoms with Gasteiger partial charge in [0.05, 0.1) is 41.5 Å². The number of nitrogens with zero attached hydrogens (tertiary/aromatic N) is 4. The molecule has 0 amide bonds. The number of halogens is 2. The quantitative estimate of drug-likeness (QED) is 0.420. The molecule has 7 nitrogen and oxygen atoms in total. The van der Waals surface area contributed by atoms with Gasteiger partial charge in [0, 0.05) is 19.3 Å². The number of benzene rings is 1. The van der Waals surface area contributed by atoms with Gasteiger partial charge >= 0.3 is 0 Å². The first-order valence-electron chi connectivity index (χ1n) is 11.3. The van der Waals surface area contributed by atoms with Crippen LogP contribution in [0.25, 0.3) is 16.8 Å². The molecule has 1 saturated carbocycles. The van der Waals surface area contributed by atoms with Crippen LogP contribution in [-0.2, 0) is 11.3 Å². The molecule has 2 unspecified atom stereocenters. The molecule has 176 valence electrons. The van der Waals surface area contributed by atoms with Crippen molar-refractivity contribution in [3.63, 3.8) is 0 Å². The van der Waals surface area contributed by atoms with Crippen molar-refractivity contribution in [3.05, 3.63) is 71.7 Å². The summed E-state index contributed by atoms with van der Waals surface area (Å²) in [7, 11) is 1.48. The van der Waals surface area contributed by atoms with Gasteiger partial charge in [-0.25, -0.2) is 13.8 Å². The largest absolute Gasteiger partial charge is 0.380 e. The third-order valence-electron chi connectivity index (χ3n) is 6.31. The zero-order valence-corrected chi connectivity index (χ0v) is 18.8. The zero-order chi connectivity index (χ0) is 23.7. The van der Waals surface area contributed by atoms with Crippen molar-refractivity contribution in [1.82, 2.24) is 19.6 Å². The normalized spacial score (nSPS) is 18.4. The predicted molar refractivity (Wildman–Crippen MR) is 126 cm³/mol. The van der Waals surface area contributed by atoms with E-state index in [1.165, 1.54) is 19.2 Å². The van der Waals surface area contributed by atoms with E-state index in [0.717, 1.165) is 36.9 Å². The van der Waals surface area contributed by atoms with Crippen LogP contribution in [0.2, 0.25) is 0 Å². The Kier molecular flexibility index (Phi) is 6.21. The fraction of sp³-hybridized carbons (Fsp3) is 0.320. The van der Waals surface area contributed by atoms with Gasteiger partial charge in [0.2, 0.25) is 5.95 Å². The van der Waals surface area contributed by atoms with Gasteiger partial charge in [-0.2, -0.15) is 9.61 Å². The summed E-state index contributed by atoms with van der Waals surface area (Å²) in [5.41, 5.74) is 9.24. The third kappa shape index (κ3) is 4.36. The Labute approximate surface area is 196 Å². The second kappa shape index (κ2) is 9.44. The molecule has 1 fully saturated rings. The number of aromatic nitrogens is 4. The van der Waals surface area contributed by atoms with Crippen LogP contribution in [-0.4, -0.2) is 32.7 Å². The first-order valence-corrected chi connectivity index (χ1v) is 11.3. The molecule has 1 aliphatic rings. The van der Waals surface area contributed by atoms with Crippen molar-refractivity contribution in [1.29, 1.82) is 0 Å². The van der Waals surface area contributed by atoms with Crippen molar-refractivity contribution in [2.45, 2.75) is 44.2 Å². The van der Waals surface area contributed by atoms with Crippen molar-refractivity contribution in [2.75, 3.05) is 12.4 Å². The van der Waals surface area contributed by atoms with Crippen molar-refractivity contribution >= 4 is 17.2 Å². The number of nitrogens with one attached hydrogen (secondary N) is 1. The Balaban J connectivity index is 1.50. The van der Waals surface area contributed by atoms with E-state index in [2.05, 4.69) is 20.4 Å². The molecule has 3 aromatic heterocycles. The molecule has 4 aromatic rings. The minimum atomic E-state index is -0.697. The van der Waals surface area contributed by atoms with Gasteiger partial charge in [0.1, 0.15) is 11.6 Å². The van der Waals surface area contributed by atoms with E-state index in [1.807, 2.05) is 6.07 Å². The van der Waals surface area contributed by atoms with Gasteiger partial charge in [-0.3, -0.25) is 4.98 Å². The highest BCUT2D eigenvalue weighted by Gasteiger charge is 2.23. The number of hydrogen-bond donors (Lipinski definition) is 2. The topological polar surface area (TPSA) is 90.4 Å². The number of rotatable bonds is 6. The van der Waals surface area contributed by atoms with E-state index in [9.17, 15) is 8.78 Å². The van der Waals surface area contributed by atoms with E-state index in [1.54, 1.807) is 35.2 Å². The fourth-order valence-corrected chi connectivity index (χ4v) is 4.72. The van der Waals surface area contributed by atoms with Crippen LogP contribution in [0.15, 0.2) is 48.9 Å². The fourth-order valence-electron chi connectivity index (χ4n) is 4.72. The lowest BCUT2D eigenvalue weighted by molar-refractivity contribution is 0.184. The molecule has 3 heterocycles. The molecule has 0 radical (unpaired) electrons. The summed E-state index contributed by atoms with van der Waals surface area (Å²) >= 11 is 0. The summed E-state index contributed by atoms with van der Waals surface area (Å²) in [4.78, 5) is 8.71. The van der Waals surface area contributed by atoms with E-state index in [4.69, 9.17) is 10.5 Å². The number of nitrogens with two attached hydrogens (primary N) is 1. The highest BCUT2D eigenvalue weighted by Crippen LogP contribution is 2.36. The average molecular weight is 465 g/mol. The molecule has 3 N–H and O–H groups in total. The summed E-state index contributed by atoms with van der Waals surface area (Å²) in [6.07, 6.45) is 9.30. The highest BCUT2D eigenvalue weighted by molar-refractivity contribution is 5.66. The Morgan fingerprint density at radius 3 is 2.74 bits per heavy atom. The predicted octanol–water partition coefficient (Wildman–Crippen LogP) is 4.94. The molecular weight excluding hydrogens is 438 g/mol. The average Bonchev–Trinajstić information content (AvgIpc) is 3.21. The van der Waals surface area contributed by atoms with Gasteiger partial charge in [-0.05, 0) is 66.6 Å². The Morgan fingerprint density at radius 1 is 1.15 bits per heavy atom. The van der Waals surface area contributed by atoms with E-state index in [-0.39, 0.29) is 23.9 Å². The molecule has 9 heteroatoms. The molecule has 5 rings (SSSR count). The lowest BCUT2D eigenvalue weighted by Gasteiger charge is -2.28. The van der Waals surface area contributed by atoms with Crippen molar-refractivity contribution < 1.29 is 13.5 Å². The van der Waals surface area contributed by atoms with Gasteiger partial charge in [0.25, 0.3) is 0 Å². The Hall–Kier alpha value is -3.43. The summed E-state index contributed by atoms with van der Waals surface area (Å²) in [5, 5.41) is 7.82. The highest BCUT2D eigenvalue weighted by atomic mass is 19.1. The molecule has 0 spiro atoms. The van der Waals surface area contributed by atoms with Crippen LogP contribution in [0.4, 0.5) is 20.4 Å². The maximum Gasteiger partial charge on any atom is 0.229 e. The lowest BCUT2D eigenvalue weighted by Crippen LogP contribution is -2.27. The number of ether oxygens (including phenoxy) is 1. The molecule has 2 atom stereocenters. The minimum Gasteiger partial charge on any atom is -0.380 e. The Bertz CT molecular complexity index is 1300. The molecule has 0 saturated heterocycles. The molecule has 34 heavy (non-hydrogen) atoms. The molecule has 1 aromatic carbocycles. The van der Waals surface area contributed by atoms with E-state index >= 15 is 0 Å². The molecule has 0 aliphatic heterocycles. The summed E-state index contributed by atoms with van der Waals surface area (Å²) in [5.74, 6) is -0.630. The summed E-state index contributed by atoms with van der Waals surface area (Å²) < 4.78 is 36.1. The van der Waals surface area contributed by atoms with Crippen LogP contribution < -0.4 is 11.1 Å². The monoisotopic (exact) mass is 464 g/mol. The first-order chi connectivity index (χ1) is 16.5. The third-order valence-corrected chi connectivity index (χ3v) is 6.31. The van der Waals surface area contributed by atoms with Crippen molar-refractivity contribution in [3.8, 4) is 11.3 Å². The zero-order valence-electron chi connectivity index (χ0n) is 18.8. The number of anilines is 2. The first kappa shape index (κ1) is 22.4. The molecular formula is C25H26F2N6O. The smallest absolute Gasteiger partial charge is 0.229 e. The SMILES string of the molecule is COCc1cc(F)c(-c2ccc3cnc(Nc4cnccc4C4CCCC(N)C4)n3n2)c(F)c1. The number of pyridine rings is 1. The molecule has 1 aliphatic carbocycles. The second-order valence-electron chi connectivity index (χ2n) is 8.72. The maximum atomic E-state index is 14.8. The Morgan fingerprint density at radius 2 is 1.97 bits per heavy atom. The number of imidazole rings is 1. The van der Waals surface area contributed by atoms with Gasteiger partial charge in [-0.1, -0.05) is 6.42 Å². The van der Waals surface area contributed by atoms with E-state index in [0.29, 0.717) is 22.9 Å². The van der Waals surface area contributed by atoms with Gasteiger partial charge in [-0.15, -0.1) is 0 Å². The van der Waals surface area contributed by atoms with Crippen LogP contribution in [0.1, 0.15) is 42.7 Å². The molecule has 0 bridgehead atoms. The summed E-state index contributed by atoms with van der Waals surface area (Å²) in [6, 6.07) is 8.03. The lowest BCUT2D eigenvalue weighted by atomic mass is 9.81. The second-order valence-corrected chi connectivity index (χ2v) is 8.72. The standard InChI is InChI=1S/C25H26F2N6O/c1-34-14-15-9-20(26)24(21(27)10-15)22-6-5-18-12-30-25(33(18)32-22)31-23-13-29-8-7-19(23)16-3-2-4-17(28)11-16/h5-10,12-13,16-17H,2-4,11,14,28H2,1H3,(H,30,31). The van der Waals surface area contributed by atoms with Crippen LogP contribution >= 0.6 is 0 Å². The number of hydrogen-bond acceptors (Lipinski definition) is 6. The minimum absolute atomic E-state index is 0.121. The van der Waals surface area contributed by atoms with Crippen LogP contribution in [0.3, 0.4) is 0 Å².